The minimum absolute atomic E-state index is 0.0583. The standard InChI is InChI=1S/C26H34FN3O2/c1-18(2)32-23-11-6-19(7-12-23)14-28-26(31)30(15-20-4-9-22(27)10-5-20)25-13-8-21-16-29(3)17-24(21)25/h4-7,9-12,18,21,24-25H,8,13-17H2,1-3H3,(H,28,31). The minimum Gasteiger partial charge on any atom is -0.491 e. The first kappa shape index (κ1) is 22.6. The van der Waals surface area contributed by atoms with E-state index in [1.54, 1.807) is 12.1 Å². The molecule has 1 heterocycles. The van der Waals surface area contributed by atoms with E-state index in [9.17, 15) is 9.18 Å². The Morgan fingerprint density at radius 3 is 2.47 bits per heavy atom. The van der Waals surface area contributed by atoms with E-state index in [-0.39, 0.29) is 24.0 Å². The Hall–Kier alpha value is -2.60. The monoisotopic (exact) mass is 439 g/mol. The second-order valence-electron chi connectivity index (χ2n) is 9.51. The fourth-order valence-corrected chi connectivity index (χ4v) is 5.21. The molecule has 2 amide bonds. The molecule has 0 bridgehead atoms. The van der Waals surface area contributed by atoms with Gasteiger partial charge < -0.3 is 19.9 Å². The summed E-state index contributed by atoms with van der Waals surface area (Å²) in [5.41, 5.74) is 1.98. The van der Waals surface area contributed by atoms with E-state index in [0.717, 1.165) is 42.8 Å². The Kier molecular flexibility index (Phi) is 6.99. The van der Waals surface area contributed by atoms with Crippen molar-refractivity contribution in [3.63, 3.8) is 0 Å². The van der Waals surface area contributed by atoms with Crippen LogP contribution in [0.25, 0.3) is 0 Å². The van der Waals surface area contributed by atoms with Crippen LogP contribution in [0.2, 0.25) is 0 Å². The van der Waals surface area contributed by atoms with Crippen molar-refractivity contribution in [1.29, 1.82) is 0 Å². The maximum absolute atomic E-state index is 13.4. The predicted molar refractivity (Wildman–Crippen MR) is 124 cm³/mol. The third kappa shape index (κ3) is 5.41. The Morgan fingerprint density at radius 2 is 1.78 bits per heavy atom. The molecule has 2 fully saturated rings. The Balaban J connectivity index is 1.45. The molecule has 3 atom stereocenters. The first-order valence-corrected chi connectivity index (χ1v) is 11.6. The summed E-state index contributed by atoms with van der Waals surface area (Å²) in [6.45, 7) is 7.09. The van der Waals surface area contributed by atoms with Gasteiger partial charge in [0, 0.05) is 32.2 Å². The second-order valence-corrected chi connectivity index (χ2v) is 9.51. The molecule has 0 aromatic heterocycles. The third-order valence-electron chi connectivity index (χ3n) is 6.67. The van der Waals surface area contributed by atoms with Crippen molar-refractivity contribution in [3.8, 4) is 5.75 Å². The third-order valence-corrected chi connectivity index (χ3v) is 6.67. The smallest absolute Gasteiger partial charge is 0.318 e. The molecule has 1 saturated heterocycles. The summed E-state index contributed by atoms with van der Waals surface area (Å²) < 4.78 is 19.1. The fourth-order valence-electron chi connectivity index (χ4n) is 5.21. The van der Waals surface area contributed by atoms with Crippen molar-refractivity contribution >= 4 is 6.03 Å². The molecule has 4 rings (SSSR count). The number of benzene rings is 2. The lowest BCUT2D eigenvalue weighted by Crippen LogP contribution is -2.48. The summed E-state index contributed by atoms with van der Waals surface area (Å²) >= 11 is 0. The van der Waals surface area contributed by atoms with Crippen LogP contribution in [0, 0.1) is 17.7 Å². The van der Waals surface area contributed by atoms with Gasteiger partial charge in [0.15, 0.2) is 0 Å². The lowest BCUT2D eigenvalue weighted by molar-refractivity contribution is 0.149. The number of carbonyl (C=O) groups excluding carboxylic acids is 1. The van der Waals surface area contributed by atoms with Crippen molar-refractivity contribution in [2.75, 3.05) is 20.1 Å². The van der Waals surface area contributed by atoms with Gasteiger partial charge in [0.1, 0.15) is 11.6 Å². The van der Waals surface area contributed by atoms with Crippen LogP contribution in [0.4, 0.5) is 9.18 Å². The van der Waals surface area contributed by atoms with E-state index in [0.29, 0.717) is 24.9 Å². The molecule has 1 saturated carbocycles. The largest absolute Gasteiger partial charge is 0.491 e. The lowest BCUT2D eigenvalue weighted by Gasteiger charge is -2.33. The number of fused-ring (bicyclic) bond motifs is 1. The molecular formula is C26H34FN3O2. The molecule has 32 heavy (non-hydrogen) atoms. The molecule has 1 N–H and O–H groups in total. The van der Waals surface area contributed by atoms with E-state index in [1.165, 1.54) is 12.1 Å². The van der Waals surface area contributed by atoms with Crippen LogP contribution in [-0.4, -0.2) is 48.1 Å². The zero-order valence-corrected chi connectivity index (χ0v) is 19.3. The van der Waals surface area contributed by atoms with E-state index in [2.05, 4.69) is 17.3 Å². The summed E-state index contributed by atoms with van der Waals surface area (Å²) in [5.74, 6) is 1.73. The minimum atomic E-state index is -0.256. The van der Waals surface area contributed by atoms with Crippen molar-refractivity contribution < 1.29 is 13.9 Å². The number of nitrogens with zero attached hydrogens (tertiary/aromatic N) is 2. The highest BCUT2D eigenvalue weighted by atomic mass is 19.1. The highest BCUT2D eigenvalue weighted by Gasteiger charge is 2.45. The zero-order chi connectivity index (χ0) is 22.7. The average Bonchev–Trinajstić information content (AvgIpc) is 3.31. The number of hydrogen-bond donors (Lipinski definition) is 1. The predicted octanol–water partition coefficient (Wildman–Crippen LogP) is 4.66. The van der Waals surface area contributed by atoms with Gasteiger partial charge in [0.2, 0.25) is 0 Å². The summed E-state index contributed by atoms with van der Waals surface area (Å²) in [5, 5.41) is 3.12. The van der Waals surface area contributed by atoms with Crippen molar-refractivity contribution in [1.82, 2.24) is 15.1 Å². The summed E-state index contributed by atoms with van der Waals surface area (Å²) in [6.07, 6.45) is 2.31. The normalized spacial score (nSPS) is 22.7. The van der Waals surface area contributed by atoms with Gasteiger partial charge in [-0.15, -0.1) is 0 Å². The number of amides is 2. The van der Waals surface area contributed by atoms with E-state index in [4.69, 9.17) is 4.74 Å². The average molecular weight is 440 g/mol. The van der Waals surface area contributed by atoms with Crippen LogP contribution in [0.3, 0.4) is 0 Å². The Morgan fingerprint density at radius 1 is 1.09 bits per heavy atom. The number of rotatable bonds is 7. The van der Waals surface area contributed by atoms with E-state index >= 15 is 0 Å². The van der Waals surface area contributed by atoms with Gasteiger partial charge in [0.25, 0.3) is 0 Å². The summed E-state index contributed by atoms with van der Waals surface area (Å²) in [7, 11) is 2.16. The molecule has 5 nitrogen and oxygen atoms in total. The maximum atomic E-state index is 13.4. The first-order valence-electron chi connectivity index (χ1n) is 11.6. The van der Waals surface area contributed by atoms with Crippen LogP contribution < -0.4 is 10.1 Å². The quantitative estimate of drug-likeness (QED) is 0.682. The van der Waals surface area contributed by atoms with Gasteiger partial charge in [-0.3, -0.25) is 0 Å². The van der Waals surface area contributed by atoms with Crippen LogP contribution in [0.5, 0.6) is 5.75 Å². The van der Waals surface area contributed by atoms with Crippen molar-refractivity contribution in [2.24, 2.45) is 11.8 Å². The highest BCUT2D eigenvalue weighted by molar-refractivity contribution is 5.74. The number of ether oxygens (including phenoxy) is 1. The molecule has 6 heteroatoms. The number of halogens is 1. The second kappa shape index (κ2) is 9.90. The number of nitrogens with one attached hydrogen (secondary N) is 1. The van der Waals surface area contributed by atoms with Gasteiger partial charge in [-0.2, -0.15) is 0 Å². The maximum Gasteiger partial charge on any atom is 0.318 e. The van der Waals surface area contributed by atoms with Gasteiger partial charge in [0.05, 0.1) is 6.10 Å². The fraction of sp³-hybridized carbons (Fsp3) is 0.500. The number of likely N-dealkylation sites (tertiary alicyclic amines) is 1. The first-order chi connectivity index (χ1) is 15.4. The van der Waals surface area contributed by atoms with Gasteiger partial charge >= 0.3 is 6.03 Å². The van der Waals surface area contributed by atoms with E-state index in [1.807, 2.05) is 43.0 Å². The highest BCUT2D eigenvalue weighted by Crippen LogP contribution is 2.40. The van der Waals surface area contributed by atoms with Gasteiger partial charge in [-0.1, -0.05) is 24.3 Å². The number of carbonyl (C=O) groups is 1. The van der Waals surface area contributed by atoms with Gasteiger partial charge in [-0.25, -0.2) is 9.18 Å². The molecule has 3 unspecified atom stereocenters. The molecular weight excluding hydrogens is 405 g/mol. The molecule has 0 radical (unpaired) electrons. The number of urea groups is 1. The van der Waals surface area contributed by atoms with E-state index < -0.39 is 0 Å². The molecule has 2 aliphatic rings. The van der Waals surface area contributed by atoms with Crippen molar-refractivity contribution in [3.05, 3.63) is 65.5 Å². The van der Waals surface area contributed by atoms with Crippen LogP contribution in [0.1, 0.15) is 37.8 Å². The Labute approximate surface area is 190 Å². The van der Waals surface area contributed by atoms with Crippen LogP contribution in [-0.2, 0) is 13.1 Å². The topological polar surface area (TPSA) is 44.8 Å². The molecule has 2 aromatic rings. The van der Waals surface area contributed by atoms with Crippen LogP contribution in [0.15, 0.2) is 48.5 Å². The summed E-state index contributed by atoms with van der Waals surface area (Å²) in [4.78, 5) is 17.7. The lowest BCUT2D eigenvalue weighted by atomic mass is 9.96. The summed E-state index contributed by atoms with van der Waals surface area (Å²) in [6, 6.07) is 14.5. The molecule has 1 aliphatic carbocycles. The molecule has 172 valence electrons. The molecule has 2 aromatic carbocycles. The van der Waals surface area contributed by atoms with Crippen molar-refractivity contribution in [2.45, 2.75) is 51.9 Å². The zero-order valence-electron chi connectivity index (χ0n) is 19.3. The Bertz CT molecular complexity index is 900. The molecule has 1 aliphatic heterocycles. The van der Waals surface area contributed by atoms with Gasteiger partial charge in [-0.05, 0) is 81.0 Å². The molecule has 0 spiro atoms. The number of hydrogen-bond acceptors (Lipinski definition) is 3. The van der Waals surface area contributed by atoms with Crippen LogP contribution >= 0.6 is 0 Å². The SMILES string of the molecule is CC(C)Oc1ccc(CNC(=O)N(Cc2ccc(F)cc2)C2CCC3CN(C)CC32)cc1.